The van der Waals surface area contributed by atoms with Gasteiger partial charge in [0, 0.05) is 24.8 Å². The molecule has 6 aliphatic rings. The Labute approximate surface area is 201 Å². The number of Topliss-reactive ketones (excluding diaryl/α,β-unsaturated/α-hetero) is 1. The van der Waals surface area contributed by atoms with E-state index in [4.69, 9.17) is 4.74 Å². The van der Waals surface area contributed by atoms with Crippen LogP contribution in [0.15, 0.2) is 11.1 Å². The van der Waals surface area contributed by atoms with Crippen LogP contribution in [0.3, 0.4) is 0 Å². The lowest BCUT2D eigenvalue weighted by Gasteiger charge is -2.52. The second-order valence-corrected chi connectivity index (χ2v) is 12.9. The number of halogens is 1. The largest absolute Gasteiger partial charge is 1.00 e. The van der Waals surface area contributed by atoms with Crippen LogP contribution in [-0.2, 0) is 9.53 Å². The molecule has 3 nitrogen and oxygen atoms in total. The van der Waals surface area contributed by atoms with E-state index in [1.54, 1.807) is 5.57 Å². The van der Waals surface area contributed by atoms with Crippen molar-refractivity contribution in [2.75, 3.05) is 6.54 Å². The first-order valence-corrected chi connectivity index (χ1v) is 13.4. The third-order valence-electron chi connectivity index (χ3n) is 11.4. The molecule has 2 saturated heterocycles. The van der Waals surface area contributed by atoms with Crippen LogP contribution in [-0.4, -0.2) is 30.1 Å². The summed E-state index contributed by atoms with van der Waals surface area (Å²) in [5, 5.41) is 3.85. The van der Waals surface area contributed by atoms with Crippen LogP contribution in [0.2, 0.25) is 0 Å². The number of allylic oxidation sites excluding steroid dienone is 1. The molecule has 32 heavy (non-hydrogen) atoms. The van der Waals surface area contributed by atoms with E-state index in [0.717, 1.165) is 55.9 Å². The second kappa shape index (κ2) is 8.09. The van der Waals surface area contributed by atoms with Gasteiger partial charge in [0.2, 0.25) is 0 Å². The molecule has 0 amide bonds. The molecule has 5 fully saturated rings. The van der Waals surface area contributed by atoms with Crippen molar-refractivity contribution < 1.29 is 21.9 Å². The van der Waals surface area contributed by atoms with Crippen LogP contribution < -0.4 is 17.7 Å². The number of carbonyl (C=O) groups is 1. The van der Waals surface area contributed by atoms with E-state index in [1.165, 1.54) is 38.5 Å². The van der Waals surface area contributed by atoms with Crippen molar-refractivity contribution in [2.24, 2.45) is 40.9 Å². The highest BCUT2D eigenvalue weighted by molar-refractivity contribution is 5.79. The molecule has 0 bridgehead atoms. The fourth-order valence-corrected chi connectivity index (χ4v) is 9.61. The van der Waals surface area contributed by atoms with Gasteiger partial charge in [-0.15, -0.1) is 0 Å². The van der Waals surface area contributed by atoms with Gasteiger partial charge in [-0.25, -0.2) is 0 Å². The average molecular weight is 461 g/mol. The van der Waals surface area contributed by atoms with Crippen LogP contribution in [0.25, 0.3) is 0 Å². The van der Waals surface area contributed by atoms with E-state index in [2.05, 4.69) is 33.0 Å². The molecule has 180 valence electrons. The molecule has 1 N–H and O–H groups in total. The Morgan fingerprint density at radius 2 is 1.91 bits per heavy atom. The van der Waals surface area contributed by atoms with E-state index in [-0.39, 0.29) is 18.0 Å². The van der Waals surface area contributed by atoms with Gasteiger partial charge >= 0.3 is 0 Å². The third kappa shape index (κ3) is 3.31. The minimum Gasteiger partial charge on any atom is -1.00 e. The van der Waals surface area contributed by atoms with E-state index in [1.807, 2.05) is 5.57 Å². The highest BCUT2D eigenvalue weighted by Crippen LogP contribution is 2.65. The number of hydrogen-bond acceptors (Lipinski definition) is 3. The number of hydrogen-bond donors (Lipinski definition) is 1. The number of carbonyl (C=O) groups excluding carboxylic acids is 1. The zero-order valence-electron chi connectivity index (χ0n) is 20.6. The summed E-state index contributed by atoms with van der Waals surface area (Å²) in [7, 11) is 0. The molecule has 1 spiro atoms. The fourth-order valence-electron chi connectivity index (χ4n) is 9.61. The Morgan fingerprint density at radius 3 is 2.72 bits per heavy atom. The summed E-state index contributed by atoms with van der Waals surface area (Å²) in [5.74, 6) is 4.97. The summed E-state index contributed by atoms with van der Waals surface area (Å²) in [5.41, 5.74) is 3.95. The van der Waals surface area contributed by atoms with Gasteiger partial charge in [-0.1, -0.05) is 31.9 Å². The Morgan fingerprint density at radius 1 is 1.09 bits per heavy atom. The molecule has 10 atom stereocenters. The first-order chi connectivity index (χ1) is 14.8. The molecule has 0 aromatic rings. The van der Waals surface area contributed by atoms with Gasteiger partial charge in [0.05, 0.1) is 11.7 Å². The minimum atomic E-state index is 0. The molecular weight excluding hydrogens is 418 g/mol. The summed E-state index contributed by atoms with van der Waals surface area (Å²) in [6.07, 6.45) is 12.2. The summed E-state index contributed by atoms with van der Waals surface area (Å²) in [6, 6.07) is 0.550. The fraction of sp³-hybridized carbons (Fsp3) is 0.893. The van der Waals surface area contributed by atoms with E-state index < -0.39 is 0 Å². The topological polar surface area (TPSA) is 38.3 Å². The van der Waals surface area contributed by atoms with Crippen LogP contribution in [0.5, 0.6) is 0 Å². The SMILES string of the molecule is CC1=C2C[C@H]3[C@@H](CC[C@H]4CC(=O)CC[C@@]43C)[C@@H]2CC[C@@]2(C1)O[C@@H]1C[C@H](C)CN[C@H]1[C@H]2C.[Cl-]. The van der Waals surface area contributed by atoms with Crippen molar-refractivity contribution in [3.05, 3.63) is 11.1 Å². The smallest absolute Gasteiger partial charge is 0.133 e. The van der Waals surface area contributed by atoms with Crippen molar-refractivity contribution >= 4 is 5.78 Å². The van der Waals surface area contributed by atoms with Crippen molar-refractivity contribution in [2.45, 2.75) is 110 Å². The van der Waals surface area contributed by atoms with Crippen molar-refractivity contribution in [1.82, 2.24) is 5.32 Å². The quantitative estimate of drug-likeness (QED) is 0.565. The standard InChI is InChI=1S/C28H43NO2.ClH/c1-16-11-25-26(29-15-16)18(3)28(31-25)10-8-21-22-6-5-19-12-20(30)7-9-27(19,4)24(22)13-23(21)17(2)14-28;/h16,18-19,21-22,24-26,29H,5-15H2,1-4H3;1H/p-1/t16-,18+,19-,21-,22-,24-,25+,26-,27-,28-;/m0./s1. The van der Waals surface area contributed by atoms with Crippen molar-refractivity contribution in [3.63, 3.8) is 0 Å². The van der Waals surface area contributed by atoms with E-state index in [0.29, 0.717) is 35.2 Å². The summed E-state index contributed by atoms with van der Waals surface area (Å²) in [4.78, 5) is 12.2. The van der Waals surface area contributed by atoms with Gasteiger partial charge in [-0.3, -0.25) is 4.79 Å². The molecule has 0 unspecified atom stereocenters. The zero-order valence-corrected chi connectivity index (χ0v) is 21.3. The lowest BCUT2D eigenvalue weighted by Crippen LogP contribution is -3.00. The van der Waals surface area contributed by atoms with E-state index in [9.17, 15) is 4.79 Å². The average Bonchev–Trinajstić information content (AvgIpc) is 3.19. The van der Waals surface area contributed by atoms with E-state index >= 15 is 0 Å². The third-order valence-corrected chi connectivity index (χ3v) is 11.4. The number of ketones is 1. The number of rotatable bonds is 0. The Kier molecular flexibility index (Phi) is 5.91. The summed E-state index contributed by atoms with van der Waals surface area (Å²) < 4.78 is 7.01. The zero-order chi connectivity index (χ0) is 21.5. The van der Waals surface area contributed by atoms with Gasteiger partial charge in [0.25, 0.3) is 0 Å². The van der Waals surface area contributed by atoms with Gasteiger partial charge in [-0.05, 0) is 99.8 Å². The van der Waals surface area contributed by atoms with Gasteiger partial charge in [0.1, 0.15) is 5.78 Å². The van der Waals surface area contributed by atoms with Crippen molar-refractivity contribution in [1.29, 1.82) is 0 Å². The molecule has 2 aliphatic heterocycles. The second-order valence-electron chi connectivity index (χ2n) is 12.9. The van der Waals surface area contributed by atoms with Crippen LogP contribution in [0, 0.1) is 40.9 Å². The molecule has 4 heteroatoms. The van der Waals surface area contributed by atoms with Gasteiger partial charge in [-0.2, -0.15) is 0 Å². The number of nitrogens with one attached hydrogen (secondary N) is 1. The monoisotopic (exact) mass is 460 g/mol. The minimum absolute atomic E-state index is 0. The number of fused-ring (bicyclic) bond motifs is 6. The normalized spacial score (nSPS) is 52.6. The van der Waals surface area contributed by atoms with Crippen molar-refractivity contribution in [3.8, 4) is 0 Å². The van der Waals surface area contributed by atoms with Crippen LogP contribution in [0.4, 0.5) is 0 Å². The predicted molar refractivity (Wildman–Crippen MR) is 124 cm³/mol. The maximum absolute atomic E-state index is 12.2. The lowest BCUT2D eigenvalue weighted by molar-refractivity contribution is -0.129. The Balaban J connectivity index is 0.00000216. The molecule has 4 aliphatic carbocycles. The first-order valence-electron chi connectivity index (χ1n) is 13.4. The molecule has 0 radical (unpaired) electrons. The molecule has 6 rings (SSSR count). The lowest BCUT2D eigenvalue weighted by atomic mass is 9.52. The maximum Gasteiger partial charge on any atom is 0.133 e. The van der Waals surface area contributed by atoms with Crippen LogP contribution in [0.1, 0.15) is 91.9 Å². The van der Waals surface area contributed by atoms with Gasteiger partial charge < -0.3 is 22.5 Å². The predicted octanol–water partition coefficient (Wildman–Crippen LogP) is 2.68. The highest BCUT2D eigenvalue weighted by Gasteiger charge is 2.59. The number of ether oxygens (including phenoxy) is 1. The molecule has 0 aromatic heterocycles. The first kappa shape index (κ1) is 23.4. The Bertz CT molecular complexity index is 809. The Hall–Kier alpha value is -0.380. The highest BCUT2D eigenvalue weighted by atomic mass is 35.5. The summed E-state index contributed by atoms with van der Waals surface area (Å²) in [6.45, 7) is 11.0. The van der Waals surface area contributed by atoms with Gasteiger partial charge in [0.15, 0.2) is 0 Å². The summed E-state index contributed by atoms with van der Waals surface area (Å²) >= 11 is 0. The number of piperidine rings is 1. The van der Waals surface area contributed by atoms with Crippen LogP contribution >= 0.6 is 0 Å². The molecule has 3 saturated carbocycles. The molecule has 0 aromatic carbocycles. The molecular formula is C28H43ClNO2-. The maximum atomic E-state index is 12.2. The molecule has 2 heterocycles.